The van der Waals surface area contributed by atoms with E-state index in [0.717, 1.165) is 11.6 Å². The molecule has 1 N–H and O–H groups in total. The van der Waals surface area contributed by atoms with Gasteiger partial charge in [0.15, 0.2) is 6.61 Å². The van der Waals surface area contributed by atoms with Crippen LogP contribution in [0.2, 0.25) is 5.02 Å². The van der Waals surface area contributed by atoms with Gasteiger partial charge in [-0.15, -0.1) is 0 Å². The number of carbonyl (C=O) groups excluding carboxylic acids is 2. The highest BCUT2D eigenvalue weighted by molar-refractivity contribution is 6.33. The van der Waals surface area contributed by atoms with E-state index in [1.54, 1.807) is 0 Å². The zero-order valence-corrected chi connectivity index (χ0v) is 13.0. The monoisotopic (exact) mass is 335 g/mol. The van der Waals surface area contributed by atoms with Crippen LogP contribution in [-0.2, 0) is 16.0 Å². The fraction of sp³-hybridized carbons (Fsp3) is 0.176. The van der Waals surface area contributed by atoms with E-state index < -0.39 is 24.3 Å². The third-order valence-corrected chi connectivity index (χ3v) is 3.39. The number of esters is 1. The molecule has 0 radical (unpaired) electrons. The van der Waals surface area contributed by atoms with Gasteiger partial charge in [-0.25, -0.2) is 9.18 Å². The Morgan fingerprint density at radius 1 is 1.09 bits per heavy atom. The van der Waals surface area contributed by atoms with E-state index in [2.05, 4.69) is 5.32 Å². The van der Waals surface area contributed by atoms with Crippen molar-refractivity contribution >= 4 is 23.5 Å². The molecule has 120 valence electrons. The number of amides is 1. The van der Waals surface area contributed by atoms with Gasteiger partial charge in [0.1, 0.15) is 11.4 Å². The average Bonchev–Trinajstić information content (AvgIpc) is 2.54. The summed E-state index contributed by atoms with van der Waals surface area (Å²) in [6.45, 7) is -0.0703. The minimum Gasteiger partial charge on any atom is -0.452 e. The second-order valence-corrected chi connectivity index (χ2v) is 5.17. The van der Waals surface area contributed by atoms with Crippen LogP contribution in [0.15, 0.2) is 48.5 Å². The lowest BCUT2D eigenvalue weighted by Gasteiger charge is -2.08. The standard InChI is InChI=1S/C17H15ClFNO3/c18-13-7-4-8-14(19)16(13)17(22)23-11-15(21)20-10-9-12-5-2-1-3-6-12/h1-8H,9-11H2,(H,20,21). The molecule has 0 spiro atoms. The first-order chi connectivity index (χ1) is 11.1. The van der Waals surface area contributed by atoms with Crippen LogP contribution >= 0.6 is 11.6 Å². The van der Waals surface area contributed by atoms with Crippen molar-refractivity contribution in [2.24, 2.45) is 0 Å². The predicted octanol–water partition coefficient (Wildman–Crippen LogP) is 2.99. The highest BCUT2D eigenvalue weighted by Crippen LogP contribution is 2.19. The van der Waals surface area contributed by atoms with E-state index in [0.29, 0.717) is 13.0 Å². The van der Waals surface area contributed by atoms with Crippen LogP contribution in [0.1, 0.15) is 15.9 Å². The number of nitrogens with one attached hydrogen (secondary N) is 1. The van der Waals surface area contributed by atoms with E-state index >= 15 is 0 Å². The van der Waals surface area contributed by atoms with E-state index in [1.807, 2.05) is 30.3 Å². The molecule has 2 aromatic carbocycles. The maximum atomic E-state index is 13.5. The van der Waals surface area contributed by atoms with Crippen LogP contribution < -0.4 is 5.32 Å². The second-order valence-electron chi connectivity index (χ2n) is 4.76. The molecule has 0 saturated carbocycles. The zero-order valence-electron chi connectivity index (χ0n) is 12.2. The molecule has 0 fully saturated rings. The topological polar surface area (TPSA) is 55.4 Å². The molecule has 0 aliphatic rings. The van der Waals surface area contributed by atoms with E-state index in [1.165, 1.54) is 12.1 Å². The van der Waals surface area contributed by atoms with Crippen molar-refractivity contribution in [3.63, 3.8) is 0 Å². The molecule has 0 heterocycles. The van der Waals surface area contributed by atoms with E-state index in [9.17, 15) is 14.0 Å². The lowest BCUT2D eigenvalue weighted by Crippen LogP contribution is -2.30. The molecule has 4 nitrogen and oxygen atoms in total. The van der Waals surface area contributed by atoms with Gasteiger partial charge in [0.25, 0.3) is 5.91 Å². The van der Waals surface area contributed by atoms with Crippen LogP contribution in [0.25, 0.3) is 0 Å². The Morgan fingerprint density at radius 3 is 2.52 bits per heavy atom. The summed E-state index contributed by atoms with van der Waals surface area (Å²) < 4.78 is 18.3. The van der Waals surface area contributed by atoms with Crippen molar-refractivity contribution < 1.29 is 18.7 Å². The summed E-state index contributed by atoms with van der Waals surface area (Å²) >= 11 is 5.75. The number of ether oxygens (including phenoxy) is 1. The molecule has 1 amide bonds. The Hall–Kier alpha value is -2.40. The van der Waals surface area contributed by atoms with E-state index in [-0.39, 0.29) is 10.6 Å². The van der Waals surface area contributed by atoms with Gasteiger partial charge < -0.3 is 10.1 Å². The Labute approximate surface area is 138 Å². The van der Waals surface area contributed by atoms with Crippen molar-refractivity contribution in [2.45, 2.75) is 6.42 Å². The zero-order chi connectivity index (χ0) is 16.7. The summed E-state index contributed by atoms with van der Waals surface area (Å²) in [5.74, 6) is -2.21. The maximum absolute atomic E-state index is 13.5. The van der Waals surface area contributed by atoms with Gasteiger partial charge >= 0.3 is 5.97 Å². The highest BCUT2D eigenvalue weighted by atomic mass is 35.5. The molecule has 0 aliphatic carbocycles. The summed E-state index contributed by atoms with van der Waals surface area (Å²) in [6.07, 6.45) is 0.666. The lowest BCUT2D eigenvalue weighted by molar-refractivity contribution is -0.124. The van der Waals surface area contributed by atoms with Crippen LogP contribution in [0.4, 0.5) is 4.39 Å². The van der Waals surface area contributed by atoms with Gasteiger partial charge in [-0.2, -0.15) is 0 Å². The number of benzene rings is 2. The molecular formula is C17H15ClFNO3. The number of hydrogen-bond acceptors (Lipinski definition) is 3. The summed E-state index contributed by atoms with van der Waals surface area (Å²) in [5.41, 5.74) is 0.717. The Bertz CT molecular complexity index is 671. The smallest absolute Gasteiger partial charge is 0.343 e. The minimum atomic E-state index is -0.966. The van der Waals surface area contributed by atoms with Gasteiger partial charge in [0.2, 0.25) is 0 Å². The largest absolute Gasteiger partial charge is 0.452 e. The summed E-state index contributed by atoms with van der Waals surface area (Å²) in [7, 11) is 0. The van der Waals surface area contributed by atoms with Crippen LogP contribution in [-0.4, -0.2) is 25.0 Å². The Morgan fingerprint density at radius 2 is 1.83 bits per heavy atom. The van der Waals surface area contributed by atoms with Gasteiger partial charge in [0.05, 0.1) is 5.02 Å². The number of halogens is 2. The van der Waals surface area contributed by atoms with Gasteiger partial charge in [-0.1, -0.05) is 48.0 Å². The first kappa shape index (κ1) is 17.0. The second kappa shape index (κ2) is 8.29. The molecule has 2 rings (SSSR count). The van der Waals surface area contributed by atoms with Crippen molar-refractivity contribution in [1.82, 2.24) is 5.32 Å². The van der Waals surface area contributed by atoms with Crippen molar-refractivity contribution in [3.8, 4) is 0 Å². The van der Waals surface area contributed by atoms with Gasteiger partial charge in [-0.05, 0) is 24.1 Å². The molecule has 0 atom stereocenters. The maximum Gasteiger partial charge on any atom is 0.343 e. The third kappa shape index (κ3) is 5.07. The minimum absolute atomic E-state index is 0.0560. The summed E-state index contributed by atoms with van der Waals surface area (Å²) in [5, 5.41) is 2.57. The first-order valence-electron chi connectivity index (χ1n) is 6.99. The van der Waals surface area contributed by atoms with E-state index in [4.69, 9.17) is 16.3 Å². The Balaban J connectivity index is 1.77. The molecule has 0 aliphatic heterocycles. The molecule has 0 bridgehead atoms. The molecule has 23 heavy (non-hydrogen) atoms. The molecule has 0 saturated heterocycles. The highest BCUT2D eigenvalue weighted by Gasteiger charge is 2.18. The SMILES string of the molecule is O=C(COC(=O)c1c(F)cccc1Cl)NCCc1ccccc1. The van der Waals surface area contributed by atoms with Gasteiger partial charge in [-0.3, -0.25) is 4.79 Å². The van der Waals surface area contributed by atoms with Crippen molar-refractivity contribution in [1.29, 1.82) is 0 Å². The number of carbonyl (C=O) groups is 2. The van der Waals surface area contributed by atoms with Crippen molar-refractivity contribution in [2.75, 3.05) is 13.2 Å². The molecule has 0 aromatic heterocycles. The number of hydrogen-bond donors (Lipinski definition) is 1. The third-order valence-electron chi connectivity index (χ3n) is 3.08. The fourth-order valence-electron chi connectivity index (χ4n) is 1.94. The number of rotatable bonds is 6. The molecule has 6 heteroatoms. The molecule has 2 aromatic rings. The molecule has 0 unspecified atom stereocenters. The average molecular weight is 336 g/mol. The van der Waals surface area contributed by atoms with Crippen LogP contribution in [0, 0.1) is 5.82 Å². The quantitative estimate of drug-likeness (QED) is 0.826. The summed E-state index contributed by atoms with van der Waals surface area (Å²) in [4.78, 5) is 23.4. The first-order valence-corrected chi connectivity index (χ1v) is 7.37. The van der Waals surface area contributed by atoms with Crippen LogP contribution in [0.5, 0.6) is 0 Å². The fourth-order valence-corrected chi connectivity index (χ4v) is 2.18. The molecular weight excluding hydrogens is 321 g/mol. The van der Waals surface area contributed by atoms with Gasteiger partial charge in [0, 0.05) is 6.54 Å². The van der Waals surface area contributed by atoms with Crippen molar-refractivity contribution in [3.05, 3.63) is 70.5 Å². The predicted molar refractivity (Wildman–Crippen MR) is 84.8 cm³/mol. The lowest BCUT2D eigenvalue weighted by atomic mass is 10.1. The van der Waals surface area contributed by atoms with Crippen LogP contribution in [0.3, 0.4) is 0 Å². The summed E-state index contributed by atoms with van der Waals surface area (Å²) in [6, 6.07) is 13.5. The Kier molecular flexibility index (Phi) is 6.11. The normalized spacial score (nSPS) is 10.2.